The number of nitrogens with one attached hydrogen (secondary N) is 1. The van der Waals surface area contributed by atoms with Crippen molar-refractivity contribution >= 4 is 10.9 Å². The predicted molar refractivity (Wildman–Crippen MR) is 116 cm³/mol. The van der Waals surface area contributed by atoms with E-state index in [0.29, 0.717) is 0 Å². The topological polar surface area (TPSA) is 37.5 Å². The SMILES string of the molecule is Fc1ccc([C@H]2c3[nH]c4ccccc4c3CC3c4cc5c(cc4CCN32)OCO5)cc1. The van der Waals surface area contributed by atoms with Crippen LogP contribution in [-0.4, -0.2) is 23.2 Å². The molecule has 0 saturated heterocycles. The van der Waals surface area contributed by atoms with E-state index in [1.165, 1.54) is 27.8 Å². The van der Waals surface area contributed by atoms with Crippen molar-refractivity contribution in [3.05, 3.63) is 94.4 Å². The fraction of sp³-hybridized carbons (Fsp3) is 0.231. The molecular formula is C26H21FN2O2. The normalized spacial score (nSPS) is 21.6. The molecule has 5 heteroatoms. The van der Waals surface area contributed by atoms with Crippen LogP contribution in [0.1, 0.15) is 40.0 Å². The Kier molecular flexibility index (Phi) is 3.56. The maximum atomic E-state index is 13.7. The Morgan fingerprint density at radius 3 is 2.65 bits per heavy atom. The molecule has 1 aromatic heterocycles. The summed E-state index contributed by atoms with van der Waals surface area (Å²) in [6, 6.07) is 20.1. The highest BCUT2D eigenvalue weighted by molar-refractivity contribution is 5.85. The number of halogens is 1. The van der Waals surface area contributed by atoms with Crippen molar-refractivity contribution in [2.45, 2.75) is 24.9 Å². The summed E-state index contributed by atoms with van der Waals surface area (Å²) in [5, 5.41) is 1.28. The molecule has 154 valence electrons. The van der Waals surface area contributed by atoms with Crippen LogP contribution >= 0.6 is 0 Å². The van der Waals surface area contributed by atoms with E-state index >= 15 is 0 Å². The molecule has 0 spiro atoms. The fourth-order valence-corrected chi connectivity index (χ4v) is 5.68. The number of aromatic amines is 1. The zero-order valence-corrected chi connectivity index (χ0v) is 16.9. The number of hydrogen-bond acceptors (Lipinski definition) is 3. The number of hydrogen-bond donors (Lipinski definition) is 1. The van der Waals surface area contributed by atoms with Gasteiger partial charge in [-0.3, -0.25) is 4.90 Å². The minimum absolute atomic E-state index is 0.0559. The van der Waals surface area contributed by atoms with Gasteiger partial charge in [-0.2, -0.15) is 0 Å². The van der Waals surface area contributed by atoms with E-state index in [4.69, 9.17) is 9.47 Å². The van der Waals surface area contributed by atoms with Crippen LogP contribution in [0.5, 0.6) is 11.5 Å². The van der Waals surface area contributed by atoms with E-state index in [1.54, 1.807) is 12.1 Å². The van der Waals surface area contributed by atoms with Crippen LogP contribution in [-0.2, 0) is 12.8 Å². The average Bonchev–Trinajstić information content (AvgIpc) is 3.40. The molecule has 31 heavy (non-hydrogen) atoms. The molecule has 4 heterocycles. The van der Waals surface area contributed by atoms with Crippen LogP contribution in [0, 0.1) is 5.82 Å². The van der Waals surface area contributed by atoms with E-state index in [9.17, 15) is 4.39 Å². The van der Waals surface area contributed by atoms with Gasteiger partial charge in [0.15, 0.2) is 11.5 Å². The maximum Gasteiger partial charge on any atom is 0.231 e. The van der Waals surface area contributed by atoms with Gasteiger partial charge in [0.05, 0.1) is 6.04 Å². The van der Waals surface area contributed by atoms with Crippen LogP contribution < -0.4 is 9.47 Å². The number of nitrogens with zero attached hydrogens (tertiary/aromatic N) is 1. The minimum Gasteiger partial charge on any atom is -0.454 e. The second kappa shape index (κ2) is 6.34. The summed E-state index contributed by atoms with van der Waals surface area (Å²) in [6.07, 6.45) is 1.89. The summed E-state index contributed by atoms with van der Waals surface area (Å²) < 4.78 is 25.1. The lowest BCUT2D eigenvalue weighted by Gasteiger charge is -2.46. The van der Waals surface area contributed by atoms with Crippen molar-refractivity contribution in [3.8, 4) is 11.5 Å². The minimum atomic E-state index is -0.204. The van der Waals surface area contributed by atoms with Crippen molar-refractivity contribution in [3.63, 3.8) is 0 Å². The number of ether oxygens (including phenoxy) is 2. The molecule has 3 aromatic carbocycles. The highest BCUT2D eigenvalue weighted by atomic mass is 19.1. The number of benzene rings is 3. The van der Waals surface area contributed by atoms with Crippen molar-refractivity contribution < 1.29 is 13.9 Å². The van der Waals surface area contributed by atoms with Crippen LogP contribution in [0.15, 0.2) is 60.7 Å². The van der Waals surface area contributed by atoms with Crippen LogP contribution in [0.3, 0.4) is 0 Å². The van der Waals surface area contributed by atoms with Gasteiger partial charge >= 0.3 is 0 Å². The molecule has 0 bridgehead atoms. The number of H-pyrrole nitrogens is 1. The summed E-state index contributed by atoms with van der Waals surface area (Å²) >= 11 is 0. The van der Waals surface area contributed by atoms with E-state index in [0.717, 1.165) is 42.0 Å². The molecule has 1 unspecified atom stereocenters. The molecule has 2 atom stereocenters. The van der Waals surface area contributed by atoms with E-state index < -0.39 is 0 Å². The van der Waals surface area contributed by atoms with Gasteiger partial charge in [-0.05, 0) is 65.4 Å². The number of rotatable bonds is 1. The molecule has 3 aliphatic heterocycles. The molecule has 4 nitrogen and oxygen atoms in total. The van der Waals surface area contributed by atoms with Gasteiger partial charge in [0.25, 0.3) is 0 Å². The Bertz CT molecular complexity index is 1330. The van der Waals surface area contributed by atoms with Gasteiger partial charge in [-0.25, -0.2) is 4.39 Å². The summed E-state index contributed by atoms with van der Waals surface area (Å²) in [4.78, 5) is 6.26. The lowest BCUT2D eigenvalue weighted by atomic mass is 9.80. The first kappa shape index (κ1) is 17.4. The second-order valence-corrected chi connectivity index (χ2v) is 8.63. The zero-order chi connectivity index (χ0) is 20.5. The smallest absolute Gasteiger partial charge is 0.231 e. The lowest BCUT2D eigenvalue weighted by Crippen LogP contribution is -2.43. The summed E-state index contributed by atoms with van der Waals surface area (Å²) in [5.74, 6) is 1.49. The molecular weight excluding hydrogens is 391 g/mol. The van der Waals surface area contributed by atoms with Gasteiger partial charge < -0.3 is 14.5 Å². The first-order chi connectivity index (χ1) is 15.3. The van der Waals surface area contributed by atoms with Crippen LogP contribution in [0.25, 0.3) is 10.9 Å². The highest BCUT2D eigenvalue weighted by Gasteiger charge is 2.41. The molecule has 0 saturated carbocycles. The molecule has 0 fully saturated rings. The van der Waals surface area contributed by atoms with E-state index in [2.05, 4.69) is 46.3 Å². The Morgan fingerprint density at radius 2 is 1.77 bits per heavy atom. The summed E-state index contributed by atoms with van der Waals surface area (Å²) in [7, 11) is 0. The second-order valence-electron chi connectivity index (χ2n) is 8.63. The molecule has 0 aliphatic carbocycles. The van der Waals surface area contributed by atoms with Crippen molar-refractivity contribution in [2.75, 3.05) is 13.3 Å². The van der Waals surface area contributed by atoms with E-state index in [-0.39, 0.29) is 24.7 Å². The fourth-order valence-electron chi connectivity index (χ4n) is 5.68. The van der Waals surface area contributed by atoms with Gasteiger partial charge in [0.2, 0.25) is 6.79 Å². The van der Waals surface area contributed by atoms with Crippen molar-refractivity contribution in [1.29, 1.82) is 0 Å². The van der Waals surface area contributed by atoms with Crippen LogP contribution in [0.4, 0.5) is 4.39 Å². The predicted octanol–water partition coefficient (Wildman–Crippen LogP) is 5.28. The van der Waals surface area contributed by atoms with Gasteiger partial charge in [-0.1, -0.05) is 30.3 Å². The molecule has 3 aliphatic rings. The van der Waals surface area contributed by atoms with Crippen molar-refractivity contribution in [1.82, 2.24) is 9.88 Å². The van der Waals surface area contributed by atoms with Crippen LogP contribution in [0.2, 0.25) is 0 Å². The Balaban J connectivity index is 1.45. The maximum absolute atomic E-state index is 13.7. The number of para-hydroxylation sites is 1. The third-order valence-corrected chi connectivity index (χ3v) is 7.07. The number of aromatic nitrogens is 1. The molecule has 1 N–H and O–H groups in total. The first-order valence-electron chi connectivity index (χ1n) is 10.8. The lowest BCUT2D eigenvalue weighted by molar-refractivity contribution is 0.127. The third kappa shape index (κ3) is 2.50. The van der Waals surface area contributed by atoms with E-state index in [1.807, 2.05) is 12.1 Å². The molecule has 0 amide bonds. The van der Waals surface area contributed by atoms with Gasteiger partial charge in [-0.15, -0.1) is 0 Å². The first-order valence-corrected chi connectivity index (χ1v) is 10.8. The summed E-state index contributed by atoms with van der Waals surface area (Å²) in [5.41, 5.74) is 7.52. The molecule has 0 radical (unpaired) electrons. The van der Waals surface area contributed by atoms with Gasteiger partial charge in [0, 0.05) is 29.2 Å². The number of fused-ring (bicyclic) bond motifs is 7. The van der Waals surface area contributed by atoms with Crippen molar-refractivity contribution in [2.24, 2.45) is 0 Å². The monoisotopic (exact) mass is 412 g/mol. The quantitative estimate of drug-likeness (QED) is 0.462. The zero-order valence-electron chi connectivity index (χ0n) is 16.9. The molecule has 4 aromatic rings. The average molecular weight is 412 g/mol. The molecule has 7 rings (SSSR count). The highest BCUT2D eigenvalue weighted by Crippen LogP contribution is 2.50. The Labute approximate surface area is 179 Å². The summed E-state index contributed by atoms with van der Waals surface area (Å²) in [6.45, 7) is 1.23. The third-order valence-electron chi connectivity index (χ3n) is 7.07. The Morgan fingerprint density at radius 1 is 0.968 bits per heavy atom. The standard InChI is InChI=1S/C26H21FN2O2/c27-17-7-5-15(6-8-17)26-25-20(18-3-1-2-4-21(18)28-25)12-22-19-13-24-23(30-14-31-24)11-16(19)9-10-29(22)26/h1-8,11,13,22,26,28H,9-10,12,14H2/t22?,26-/m0/s1. The largest absolute Gasteiger partial charge is 0.454 e. The Hall–Kier alpha value is -3.31. The van der Waals surface area contributed by atoms with Gasteiger partial charge in [0.1, 0.15) is 5.82 Å².